The quantitative estimate of drug-likeness (QED) is 0.449. The molecule has 1 aromatic carbocycles. The minimum atomic E-state index is -0.846. The molecule has 0 aliphatic heterocycles. The lowest BCUT2D eigenvalue weighted by molar-refractivity contribution is 0.0579. The van der Waals surface area contributed by atoms with E-state index in [1.165, 1.54) is 39.0 Å². The van der Waals surface area contributed by atoms with Gasteiger partial charge in [0.15, 0.2) is 0 Å². The molecule has 6 heteroatoms. The third-order valence-electron chi connectivity index (χ3n) is 2.50. The molecule has 0 N–H and O–H groups in total. The van der Waals surface area contributed by atoms with Crippen LogP contribution in [0.15, 0.2) is 55.2 Å². The second kappa shape index (κ2) is 7.92. The van der Waals surface area contributed by atoms with Crippen molar-refractivity contribution in [2.45, 2.75) is 20.8 Å². The van der Waals surface area contributed by atoms with Gasteiger partial charge >= 0.3 is 17.9 Å². The fourth-order valence-electron chi connectivity index (χ4n) is 1.66. The summed E-state index contributed by atoms with van der Waals surface area (Å²) < 4.78 is 14.7. The van der Waals surface area contributed by atoms with E-state index in [2.05, 4.69) is 19.7 Å². The number of hydrogen-bond acceptors (Lipinski definition) is 6. The summed E-state index contributed by atoms with van der Waals surface area (Å²) in [7, 11) is 0. The van der Waals surface area contributed by atoms with Gasteiger partial charge in [-0.15, -0.1) is 0 Å². The lowest BCUT2D eigenvalue weighted by Crippen LogP contribution is -2.15. The molecule has 0 heterocycles. The first kappa shape index (κ1) is 18.9. The highest BCUT2D eigenvalue weighted by Crippen LogP contribution is 2.18. The highest BCUT2D eigenvalue weighted by atomic mass is 16.5. The van der Waals surface area contributed by atoms with Gasteiger partial charge in [0.25, 0.3) is 0 Å². The zero-order chi connectivity index (χ0) is 18.4. The highest BCUT2D eigenvalue weighted by molar-refractivity contribution is 6.05. The standard InChI is InChI=1S/C18H18O6/c1-10(2)22-16(19)13-7-8-14(17(20)23-11(3)4)15(9-13)18(21)24-12(5)6/h7-9H,1,3,5H2,2,4,6H3. The van der Waals surface area contributed by atoms with Gasteiger partial charge in [-0.25, -0.2) is 14.4 Å². The monoisotopic (exact) mass is 330 g/mol. The van der Waals surface area contributed by atoms with E-state index in [0.29, 0.717) is 0 Å². The molecule has 0 amide bonds. The Morgan fingerprint density at radius 2 is 1.12 bits per heavy atom. The van der Waals surface area contributed by atoms with Crippen molar-refractivity contribution in [2.24, 2.45) is 0 Å². The van der Waals surface area contributed by atoms with Gasteiger partial charge < -0.3 is 14.2 Å². The van der Waals surface area contributed by atoms with Gasteiger partial charge in [0.1, 0.15) is 0 Å². The molecule has 0 aromatic heterocycles. The predicted molar refractivity (Wildman–Crippen MR) is 87.1 cm³/mol. The first-order valence-electron chi connectivity index (χ1n) is 6.89. The van der Waals surface area contributed by atoms with Crippen LogP contribution in [0, 0.1) is 0 Å². The smallest absolute Gasteiger partial charge is 0.344 e. The van der Waals surface area contributed by atoms with Crippen LogP contribution >= 0.6 is 0 Å². The third kappa shape index (κ3) is 5.24. The molecule has 24 heavy (non-hydrogen) atoms. The van der Waals surface area contributed by atoms with Crippen molar-refractivity contribution in [3.63, 3.8) is 0 Å². The van der Waals surface area contributed by atoms with E-state index < -0.39 is 17.9 Å². The number of hydrogen-bond donors (Lipinski definition) is 0. The molecule has 0 saturated carbocycles. The first-order valence-corrected chi connectivity index (χ1v) is 6.89. The molecule has 0 saturated heterocycles. The lowest BCUT2D eigenvalue weighted by atomic mass is 10.0. The van der Waals surface area contributed by atoms with Crippen LogP contribution in [0.3, 0.4) is 0 Å². The topological polar surface area (TPSA) is 78.9 Å². The Labute approximate surface area is 140 Å². The summed E-state index contributed by atoms with van der Waals surface area (Å²) in [6.07, 6.45) is 0. The van der Waals surface area contributed by atoms with Crippen molar-refractivity contribution in [1.82, 2.24) is 0 Å². The second-order valence-electron chi connectivity index (χ2n) is 5.03. The number of carbonyl (C=O) groups excluding carboxylic acids is 3. The first-order chi connectivity index (χ1) is 11.1. The predicted octanol–water partition coefficient (Wildman–Crippen LogP) is 3.76. The van der Waals surface area contributed by atoms with E-state index in [1.807, 2.05) is 0 Å². The minimum absolute atomic E-state index is 0.0542. The largest absolute Gasteiger partial charge is 0.428 e. The summed E-state index contributed by atoms with van der Waals surface area (Å²) in [5, 5.41) is 0. The van der Waals surface area contributed by atoms with Gasteiger partial charge in [0, 0.05) is 0 Å². The number of benzene rings is 1. The van der Waals surface area contributed by atoms with Crippen molar-refractivity contribution in [1.29, 1.82) is 0 Å². The van der Waals surface area contributed by atoms with Gasteiger partial charge in [-0.3, -0.25) is 0 Å². The summed E-state index contributed by atoms with van der Waals surface area (Å²) in [6.45, 7) is 14.9. The van der Waals surface area contributed by atoms with E-state index >= 15 is 0 Å². The van der Waals surface area contributed by atoms with Gasteiger partial charge in [0.05, 0.1) is 34.0 Å². The Bertz CT molecular complexity index is 742. The maximum absolute atomic E-state index is 12.2. The maximum Gasteiger partial charge on any atom is 0.344 e. The third-order valence-corrected chi connectivity index (χ3v) is 2.50. The number of rotatable bonds is 6. The lowest BCUT2D eigenvalue weighted by Gasteiger charge is -2.11. The molecule has 0 fully saturated rings. The Morgan fingerprint density at radius 1 is 0.708 bits per heavy atom. The number of carbonyl (C=O) groups is 3. The molecule has 126 valence electrons. The molecule has 0 aliphatic rings. The second-order valence-corrected chi connectivity index (χ2v) is 5.03. The van der Waals surface area contributed by atoms with Crippen LogP contribution < -0.4 is 0 Å². The molecule has 0 radical (unpaired) electrons. The Balaban J connectivity index is 3.33. The van der Waals surface area contributed by atoms with Crippen LogP contribution in [0.25, 0.3) is 0 Å². The summed E-state index contributed by atoms with van der Waals surface area (Å²) >= 11 is 0. The van der Waals surface area contributed by atoms with Crippen LogP contribution in [-0.2, 0) is 14.2 Å². The van der Waals surface area contributed by atoms with E-state index in [-0.39, 0.29) is 34.0 Å². The van der Waals surface area contributed by atoms with E-state index in [4.69, 9.17) is 14.2 Å². The van der Waals surface area contributed by atoms with Gasteiger partial charge in [-0.05, 0) is 39.0 Å². The molecular weight excluding hydrogens is 312 g/mol. The molecule has 0 bridgehead atoms. The van der Waals surface area contributed by atoms with Crippen LogP contribution in [0.5, 0.6) is 0 Å². The average molecular weight is 330 g/mol. The Morgan fingerprint density at radius 3 is 1.58 bits per heavy atom. The molecular formula is C18H18O6. The Hall–Kier alpha value is -3.15. The van der Waals surface area contributed by atoms with Gasteiger partial charge in [0.2, 0.25) is 0 Å². The number of esters is 3. The Kier molecular flexibility index (Phi) is 6.23. The fourth-order valence-corrected chi connectivity index (χ4v) is 1.66. The molecule has 0 aliphatic carbocycles. The van der Waals surface area contributed by atoms with Crippen LogP contribution in [0.1, 0.15) is 51.8 Å². The van der Waals surface area contributed by atoms with E-state index in [9.17, 15) is 14.4 Å². The van der Waals surface area contributed by atoms with Crippen molar-refractivity contribution < 1.29 is 28.6 Å². The van der Waals surface area contributed by atoms with Crippen molar-refractivity contribution in [3.8, 4) is 0 Å². The minimum Gasteiger partial charge on any atom is -0.428 e. The van der Waals surface area contributed by atoms with E-state index in [1.54, 1.807) is 0 Å². The zero-order valence-corrected chi connectivity index (χ0v) is 13.8. The molecule has 0 spiro atoms. The summed E-state index contributed by atoms with van der Waals surface area (Å²) in [5.41, 5.74) is -0.171. The SMILES string of the molecule is C=C(C)OC(=O)c1ccc(C(=O)OC(=C)C)c(C(=O)OC(=C)C)c1. The molecule has 1 rings (SSSR count). The maximum atomic E-state index is 12.2. The highest BCUT2D eigenvalue weighted by Gasteiger charge is 2.23. The van der Waals surface area contributed by atoms with Crippen molar-refractivity contribution in [2.75, 3.05) is 0 Å². The molecule has 0 unspecified atom stereocenters. The number of ether oxygens (including phenoxy) is 3. The summed E-state index contributed by atoms with van der Waals surface area (Å²) in [4.78, 5) is 36.2. The molecule has 0 atom stereocenters. The fraction of sp³-hybridized carbons (Fsp3) is 0.167. The van der Waals surface area contributed by atoms with Crippen LogP contribution in [0.4, 0.5) is 0 Å². The average Bonchev–Trinajstić information content (AvgIpc) is 2.44. The molecule has 1 aromatic rings. The van der Waals surface area contributed by atoms with E-state index in [0.717, 1.165) is 0 Å². The molecule has 6 nitrogen and oxygen atoms in total. The van der Waals surface area contributed by atoms with Gasteiger partial charge in [-0.1, -0.05) is 19.7 Å². The van der Waals surface area contributed by atoms with Crippen LogP contribution in [-0.4, -0.2) is 17.9 Å². The summed E-state index contributed by atoms with van der Waals surface area (Å²) in [5.74, 6) is -1.88. The zero-order valence-electron chi connectivity index (χ0n) is 13.8. The normalized spacial score (nSPS) is 9.62. The van der Waals surface area contributed by atoms with Crippen molar-refractivity contribution in [3.05, 3.63) is 71.9 Å². The summed E-state index contributed by atoms with van der Waals surface area (Å²) in [6, 6.07) is 3.79. The van der Waals surface area contributed by atoms with Crippen molar-refractivity contribution >= 4 is 17.9 Å². The van der Waals surface area contributed by atoms with Crippen LogP contribution in [0.2, 0.25) is 0 Å². The number of allylic oxidation sites excluding steroid dienone is 3. The van der Waals surface area contributed by atoms with Gasteiger partial charge in [-0.2, -0.15) is 0 Å².